The fraction of sp³-hybridized carbons (Fsp3) is 1.00. The summed E-state index contributed by atoms with van der Waals surface area (Å²) in [5.74, 6) is 0.590. The fourth-order valence-corrected chi connectivity index (χ4v) is 2.07. The summed E-state index contributed by atoms with van der Waals surface area (Å²) < 4.78 is 24.7. The number of halogens is 3. The van der Waals surface area contributed by atoms with Crippen LogP contribution in [0.1, 0.15) is 26.7 Å². The third-order valence-electron chi connectivity index (χ3n) is 3.05. The fourth-order valence-electron chi connectivity index (χ4n) is 2.07. The summed E-state index contributed by atoms with van der Waals surface area (Å²) in [6, 6.07) is 0.217. The van der Waals surface area contributed by atoms with E-state index < -0.39 is 6.43 Å². The molecule has 16 heavy (non-hydrogen) atoms. The van der Waals surface area contributed by atoms with Gasteiger partial charge >= 0.3 is 0 Å². The van der Waals surface area contributed by atoms with E-state index in [1.807, 2.05) is 18.7 Å². The van der Waals surface area contributed by atoms with Crippen LogP contribution in [0.25, 0.3) is 0 Å². The van der Waals surface area contributed by atoms with Gasteiger partial charge in [-0.25, -0.2) is 8.78 Å². The van der Waals surface area contributed by atoms with E-state index in [2.05, 4.69) is 5.32 Å². The molecule has 0 atom stereocenters. The summed E-state index contributed by atoms with van der Waals surface area (Å²) in [7, 11) is 0. The van der Waals surface area contributed by atoms with Gasteiger partial charge in [0.15, 0.2) is 0 Å². The second kappa shape index (κ2) is 8.20. The van der Waals surface area contributed by atoms with Crippen molar-refractivity contribution in [2.24, 2.45) is 5.92 Å². The van der Waals surface area contributed by atoms with Crippen molar-refractivity contribution in [1.82, 2.24) is 10.2 Å². The predicted octanol–water partition coefficient (Wildman–Crippen LogP) is 2.38. The third-order valence-corrected chi connectivity index (χ3v) is 3.05. The standard InChI is InChI=1S/C11H22F2N2.ClH/c1-9(2)15(8-11(12)13)7-10-3-5-14-6-4-10;/h9-11,14H,3-8H2,1-2H3;1H. The molecule has 0 spiro atoms. The van der Waals surface area contributed by atoms with Crippen molar-refractivity contribution in [3.05, 3.63) is 0 Å². The second-order valence-corrected chi connectivity index (χ2v) is 4.63. The van der Waals surface area contributed by atoms with Gasteiger partial charge in [0.2, 0.25) is 0 Å². The van der Waals surface area contributed by atoms with Crippen LogP contribution in [-0.4, -0.2) is 43.5 Å². The molecule has 0 bridgehead atoms. The highest BCUT2D eigenvalue weighted by atomic mass is 35.5. The van der Waals surface area contributed by atoms with Gasteiger partial charge in [-0.1, -0.05) is 0 Å². The van der Waals surface area contributed by atoms with Gasteiger partial charge < -0.3 is 5.32 Å². The summed E-state index contributed by atoms with van der Waals surface area (Å²) in [5.41, 5.74) is 0. The molecule has 98 valence electrons. The smallest absolute Gasteiger partial charge is 0.251 e. The van der Waals surface area contributed by atoms with E-state index in [4.69, 9.17) is 0 Å². The number of hydrogen-bond acceptors (Lipinski definition) is 2. The minimum Gasteiger partial charge on any atom is -0.317 e. The molecule has 1 fully saturated rings. The first-order valence-electron chi connectivity index (χ1n) is 5.82. The Morgan fingerprint density at radius 3 is 2.25 bits per heavy atom. The molecule has 0 aromatic heterocycles. The molecule has 1 saturated heterocycles. The van der Waals surface area contributed by atoms with Gasteiger partial charge in [0.25, 0.3) is 6.43 Å². The first kappa shape index (κ1) is 16.1. The average molecular weight is 257 g/mol. The first-order chi connectivity index (χ1) is 7.09. The minimum atomic E-state index is -2.21. The third kappa shape index (κ3) is 5.97. The zero-order valence-electron chi connectivity index (χ0n) is 10.1. The molecule has 1 rings (SSSR count). The maximum Gasteiger partial charge on any atom is 0.251 e. The molecule has 0 unspecified atom stereocenters. The number of hydrogen-bond donors (Lipinski definition) is 1. The number of nitrogens with one attached hydrogen (secondary N) is 1. The average Bonchev–Trinajstić information content (AvgIpc) is 2.17. The van der Waals surface area contributed by atoms with Gasteiger partial charge in [0.05, 0.1) is 6.54 Å². The lowest BCUT2D eigenvalue weighted by atomic mass is 9.97. The Balaban J connectivity index is 0.00000225. The summed E-state index contributed by atoms with van der Waals surface area (Å²) in [5, 5.41) is 3.29. The second-order valence-electron chi connectivity index (χ2n) is 4.63. The van der Waals surface area contributed by atoms with Crippen LogP contribution in [0.15, 0.2) is 0 Å². The molecule has 5 heteroatoms. The Hall–Kier alpha value is 0.0700. The largest absolute Gasteiger partial charge is 0.317 e. The summed E-state index contributed by atoms with van der Waals surface area (Å²) >= 11 is 0. The monoisotopic (exact) mass is 256 g/mol. The lowest BCUT2D eigenvalue weighted by molar-refractivity contribution is 0.0604. The van der Waals surface area contributed by atoms with Crippen LogP contribution in [0, 0.1) is 5.92 Å². The van der Waals surface area contributed by atoms with Gasteiger partial charge in [-0.2, -0.15) is 0 Å². The van der Waals surface area contributed by atoms with Crippen LogP contribution in [0.4, 0.5) is 8.78 Å². The van der Waals surface area contributed by atoms with Crippen LogP contribution in [0.3, 0.4) is 0 Å². The number of alkyl halides is 2. The molecular formula is C11H23ClF2N2. The van der Waals surface area contributed by atoms with Gasteiger partial charge in [-0.15, -0.1) is 12.4 Å². The Morgan fingerprint density at radius 2 is 1.81 bits per heavy atom. The Labute approximate surface area is 103 Å². The van der Waals surface area contributed by atoms with Gasteiger partial charge in [0.1, 0.15) is 0 Å². The highest BCUT2D eigenvalue weighted by Crippen LogP contribution is 2.15. The van der Waals surface area contributed by atoms with Crippen molar-refractivity contribution in [1.29, 1.82) is 0 Å². The van der Waals surface area contributed by atoms with Crippen LogP contribution in [0.2, 0.25) is 0 Å². The van der Waals surface area contributed by atoms with Gasteiger partial charge in [-0.05, 0) is 45.7 Å². The Morgan fingerprint density at radius 1 is 1.25 bits per heavy atom. The molecule has 1 N–H and O–H groups in total. The summed E-state index contributed by atoms with van der Waals surface area (Å²) in [4.78, 5) is 1.90. The SMILES string of the molecule is CC(C)N(CC(F)F)CC1CCNCC1.Cl. The first-order valence-corrected chi connectivity index (χ1v) is 5.82. The van der Waals surface area contributed by atoms with E-state index in [1.165, 1.54) is 0 Å². The molecule has 0 amide bonds. The zero-order chi connectivity index (χ0) is 11.3. The number of rotatable bonds is 5. The van der Waals surface area contributed by atoms with E-state index >= 15 is 0 Å². The van der Waals surface area contributed by atoms with E-state index in [1.54, 1.807) is 0 Å². The van der Waals surface area contributed by atoms with Crippen LogP contribution >= 0.6 is 12.4 Å². The quantitative estimate of drug-likeness (QED) is 0.813. The molecule has 0 aromatic rings. The maximum atomic E-state index is 12.3. The Kier molecular flexibility index (Phi) is 8.24. The molecule has 0 radical (unpaired) electrons. The normalized spacial score (nSPS) is 18.2. The highest BCUT2D eigenvalue weighted by Gasteiger charge is 2.21. The van der Waals surface area contributed by atoms with E-state index in [9.17, 15) is 8.78 Å². The molecule has 2 nitrogen and oxygen atoms in total. The van der Waals surface area contributed by atoms with E-state index in [0.717, 1.165) is 32.5 Å². The lowest BCUT2D eigenvalue weighted by Crippen LogP contribution is -2.41. The minimum absolute atomic E-state index is 0. The van der Waals surface area contributed by atoms with Crippen LogP contribution in [-0.2, 0) is 0 Å². The van der Waals surface area contributed by atoms with E-state index in [0.29, 0.717) is 5.92 Å². The molecule has 0 aromatic carbocycles. The lowest BCUT2D eigenvalue weighted by Gasteiger charge is -2.32. The maximum absolute atomic E-state index is 12.3. The summed E-state index contributed by atoms with van der Waals surface area (Å²) in [6.45, 7) is 6.79. The number of piperidine rings is 1. The molecule has 1 aliphatic heterocycles. The topological polar surface area (TPSA) is 15.3 Å². The molecule has 1 aliphatic rings. The molecular weight excluding hydrogens is 234 g/mol. The highest BCUT2D eigenvalue weighted by molar-refractivity contribution is 5.85. The van der Waals surface area contributed by atoms with Crippen molar-refractivity contribution in [2.75, 3.05) is 26.2 Å². The molecule has 1 heterocycles. The van der Waals surface area contributed by atoms with Crippen molar-refractivity contribution in [3.63, 3.8) is 0 Å². The van der Waals surface area contributed by atoms with Gasteiger partial charge in [-0.3, -0.25) is 4.90 Å². The van der Waals surface area contributed by atoms with Crippen molar-refractivity contribution in [3.8, 4) is 0 Å². The molecule has 0 aliphatic carbocycles. The Bertz CT molecular complexity index is 173. The molecule has 0 saturated carbocycles. The van der Waals surface area contributed by atoms with E-state index in [-0.39, 0.29) is 25.0 Å². The van der Waals surface area contributed by atoms with Crippen LogP contribution in [0.5, 0.6) is 0 Å². The zero-order valence-corrected chi connectivity index (χ0v) is 10.9. The van der Waals surface area contributed by atoms with Crippen molar-refractivity contribution >= 4 is 12.4 Å². The van der Waals surface area contributed by atoms with Crippen molar-refractivity contribution in [2.45, 2.75) is 39.2 Å². The van der Waals surface area contributed by atoms with Crippen molar-refractivity contribution < 1.29 is 8.78 Å². The van der Waals surface area contributed by atoms with Gasteiger partial charge in [0, 0.05) is 12.6 Å². The predicted molar refractivity (Wildman–Crippen MR) is 65.6 cm³/mol. The summed E-state index contributed by atoms with van der Waals surface area (Å²) in [6.07, 6.45) is 0.0213. The number of nitrogens with zero attached hydrogens (tertiary/aromatic N) is 1. The van der Waals surface area contributed by atoms with Crippen LogP contribution < -0.4 is 5.32 Å².